The van der Waals surface area contributed by atoms with Crippen LogP contribution in [0.15, 0.2) is 24.3 Å². The van der Waals surface area contributed by atoms with Gasteiger partial charge in [0.25, 0.3) is 0 Å². The van der Waals surface area contributed by atoms with Crippen LogP contribution >= 0.6 is 0 Å². The second-order valence-corrected chi connectivity index (χ2v) is 4.35. The van der Waals surface area contributed by atoms with Crippen molar-refractivity contribution >= 4 is 6.03 Å². The van der Waals surface area contributed by atoms with E-state index in [0.717, 1.165) is 24.5 Å². The average Bonchev–Trinajstić information content (AvgIpc) is 2.42. The van der Waals surface area contributed by atoms with E-state index in [4.69, 9.17) is 15.2 Å². The van der Waals surface area contributed by atoms with Crippen LogP contribution in [0.4, 0.5) is 4.79 Å². The quantitative estimate of drug-likeness (QED) is 0.653. The summed E-state index contributed by atoms with van der Waals surface area (Å²) in [7, 11) is 0. The Bertz CT molecular complexity index is 425. The number of urea groups is 1. The van der Waals surface area contributed by atoms with Crippen LogP contribution in [0.3, 0.4) is 0 Å². The summed E-state index contributed by atoms with van der Waals surface area (Å²) in [6.07, 6.45) is 0.839. The van der Waals surface area contributed by atoms with Crippen molar-refractivity contribution in [1.82, 2.24) is 10.6 Å². The molecule has 0 radical (unpaired) electrons. The Kier molecular flexibility index (Phi) is 4.85. The maximum absolute atomic E-state index is 10.5. The number of primary amides is 1. The largest absolute Gasteiger partial charge is 0.486 e. The van der Waals surface area contributed by atoms with E-state index >= 15 is 0 Å². The monoisotopic (exact) mass is 265 g/mol. The van der Waals surface area contributed by atoms with E-state index in [1.807, 2.05) is 24.3 Å². The zero-order valence-corrected chi connectivity index (χ0v) is 10.7. The van der Waals surface area contributed by atoms with Crippen LogP contribution in [0.2, 0.25) is 0 Å². The number of nitrogens with one attached hydrogen (secondary N) is 2. The lowest BCUT2D eigenvalue weighted by molar-refractivity contribution is 0.0905. The molecule has 6 nitrogen and oxygen atoms in total. The summed E-state index contributed by atoms with van der Waals surface area (Å²) in [4.78, 5) is 10.5. The lowest BCUT2D eigenvalue weighted by atomic mass is 10.2. The summed E-state index contributed by atoms with van der Waals surface area (Å²) in [5, 5.41) is 5.80. The van der Waals surface area contributed by atoms with Gasteiger partial charge in [-0.05, 0) is 25.1 Å². The van der Waals surface area contributed by atoms with Crippen LogP contribution in [-0.4, -0.2) is 38.4 Å². The van der Waals surface area contributed by atoms with Crippen molar-refractivity contribution in [1.29, 1.82) is 0 Å². The fourth-order valence-electron chi connectivity index (χ4n) is 1.85. The second kappa shape index (κ2) is 6.84. The van der Waals surface area contributed by atoms with Gasteiger partial charge in [0.05, 0.1) is 0 Å². The molecule has 4 N–H and O–H groups in total. The van der Waals surface area contributed by atoms with Gasteiger partial charge in [0.2, 0.25) is 0 Å². The second-order valence-electron chi connectivity index (χ2n) is 4.35. The predicted octanol–water partition coefficient (Wildman–Crippen LogP) is 0.474. The molecule has 1 atom stereocenters. The molecule has 2 rings (SSSR count). The molecule has 1 aromatic rings. The summed E-state index contributed by atoms with van der Waals surface area (Å²) in [6, 6.07) is 7.16. The van der Waals surface area contributed by atoms with E-state index in [0.29, 0.717) is 19.7 Å². The fourth-order valence-corrected chi connectivity index (χ4v) is 1.85. The topological polar surface area (TPSA) is 85.6 Å². The number of fused-ring (bicyclic) bond motifs is 1. The number of benzene rings is 1. The first-order valence-corrected chi connectivity index (χ1v) is 6.38. The number of ether oxygens (including phenoxy) is 2. The minimum absolute atomic E-state index is 0.0130. The average molecular weight is 265 g/mol. The van der Waals surface area contributed by atoms with E-state index in [2.05, 4.69) is 10.6 Å². The van der Waals surface area contributed by atoms with Gasteiger partial charge in [0.1, 0.15) is 12.7 Å². The number of carbonyl (C=O) groups is 1. The first-order chi connectivity index (χ1) is 9.25. The van der Waals surface area contributed by atoms with Gasteiger partial charge in [-0.2, -0.15) is 0 Å². The Morgan fingerprint density at radius 1 is 1.32 bits per heavy atom. The van der Waals surface area contributed by atoms with E-state index in [9.17, 15) is 4.79 Å². The number of nitrogens with two attached hydrogens (primary N) is 1. The molecular weight excluding hydrogens is 246 g/mol. The van der Waals surface area contributed by atoms with E-state index in [1.54, 1.807) is 0 Å². The van der Waals surface area contributed by atoms with Gasteiger partial charge in [-0.25, -0.2) is 4.79 Å². The molecule has 1 aliphatic rings. The van der Waals surface area contributed by atoms with Crippen LogP contribution in [0.5, 0.6) is 11.5 Å². The van der Waals surface area contributed by atoms with Crippen molar-refractivity contribution in [2.45, 2.75) is 12.5 Å². The zero-order valence-electron chi connectivity index (χ0n) is 10.7. The molecule has 0 saturated heterocycles. The third-order valence-electron chi connectivity index (χ3n) is 2.77. The van der Waals surface area contributed by atoms with Crippen molar-refractivity contribution in [3.63, 3.8) is 0 Å². The van der Waals surface area contributed by atoms with Gasteiger partial charge in [0, 0.05) is 13.1 Å². The molecule has 0 spiro atoms. The summed E-state index contributed by atoms with van der Waals surface area (Å²) in [6.45, 7) is 2.63. The third-order valence-corrected chi connectivity index (χ3v) is 2.77. The van der Waals surface area contributed by atoms with Crippen LogP contribution < -0.4 is 25.8 Å². The molecule has 1 aliphatic heterocycles. The highest BCUT2D eigenvalue weighted by Gasteiger charge is 2.19. The molecule has 0 fully saturated rings. The van der Waals surface area contributed by atoms with Crippen molar-refractivity contribution in [2.24, 2.45) is 5.73 Å². The Morgan fingerprint density at radius 2 is 2.11 bits per heavy atom. The number of rotatable bonds is 6. The number of para-hydroxylation sites is 2. The summed E-state index contributed by atoms with van der Waals surface area (Å²) in [5.74, 6) is 1.58. The Hall–Kier alpha value is -1.95. The number of hydrogen-bond donors (Lipinski definition) is 3. The van der Waals surface area contributed by atoms with Crippen molar-refractivity contribution in [3.8, 4) is 11.5 Å². The van der Waals surface area contributed by atoms with Crippen LogP contribution in [0.25, 0.3) is 0 Å². The molecule has 19 heavy (non-hydrogen) atoms. The van der Waals surface area contributed by atoms with E-state index in [1.165, 1.54) is 0 Å². The zero-order chi connectivity index (χ0) is 13.5. The molecule has 0 aliphatic carbocycles. The number of hydrogen-bond acceptors (Lipinski definition) is 4. The van der Waals surface area contributed by atoms with Gasteiger partial charge in [-0.15, -0.1) is 0 Å². The lowest BCUT2D eigenvalue weighted by Crippen LogP contribution is -2.39. The first kappa shape index (κ1) is 13.5. The van der Waals surface area contributed by atoms with Crippen molar-refractivity contribution < 1.29 is 14.3 Å². The lowest BCUT2D eigenvalue weighted by Gasteiger charge is -2.26. The van der Waals surface area contributed by atoms with E-state index in [-0.39, 0.29) is 6.10 Å². The molecule has 1 aromatic carbocycles. The van der Waals surface area contributed by atoms with Crippen molar-refractivity contribution in [3.05, 3.63) is 24.3 Å². The smallest absolute Gasteiger partial charge is 0.312 e. The van der Waals surface area contributed by atoms with Gasteiger partial charge in [-0.3, -0.25) is 0 Å². The third kappa shape index (κ3) is 4.33. The molecule has 1 unspecified atom stereocenters. The first-order valence-electron chi connectivity index (χ1n) is 6.38. The van der Waals surface area contributed by atoms with Gasteiger partial charge >= 0.3 is 6.03 Å². The molecular formula is C13H19N3O3. The number of amides is 2. The minimum Gasteiger partial charge on any atom is -0.486 e. The Balaban J connectivity index is 1.62. The summed E-state index contributed by atoms with van der Waals surface area (Å²) >= 11 is 0. The SMILES string of the molecule is NC(=O)NCCCNCC1COc2ccccc2O1. The molecule has 1 heterocycles. The minimum atomic E-state index is -0.486. The fraction of sp³-hybridized carbons (Fsp3) is 0.462. The van der Waals surface area contributed by atoms with Gasteiger partial charge < -0.3 is 25.8 Å². The number of carbonyl (C=O) groups excluding carboxylic acids is 1. The highest BCUT2D eigenvalue weighted by atomic mass is 16.6. The van der Waals surface area contributed by atoms with Crippen LogP contribution in [0, 0.1) is 0 Å². The van der Waals surface area contributed by atoms with Crippen molar-refractivity contribution in [2.75, 3.05) is 26.2 Å². The molecule has 0 saturated carbocycles. The van der Waals surface area contributed by atoms with Gasteiger partial charge in [-0.1, -0.05) is 12.1 Å². The summed E-state index contributed by atoms with van der Waals surface area (Å²) in [5.41, 5.74) is 4.96. The molecule has 0 bridgehead atoms. The highest BCUT2D eigenvalue weighted by molar-refractivity contribution is 5.71. The van der Waals surface area contributed by atoms with Crippen LogP contribution in [0.1, 0.15) is 6.42 Å². The predicted molar refractivity (Wildman–Crippen MR) is 71.4 cm³/mol. The molecule has 104 valence electrons. The molecule has 2 amide bonds. The normalized spacial score (nSPS) is 16.9. The Labute approximate surface area is 112 Å². The molecule has 6 heteroatoms. The maximum Gasteiger partial charge on any atom is 0.312 e. The van der Waals surface area contributed by atoms with Crippen LogP contribution in [-0.2, 0) is 0 Å². The Morgan fingerprint density at radius 3 is 2.89 bits per heavy atom. The standard InChI is InChI=1S/C13H19N3O3/c14-13(17)16-7-3-6-15-8-10-9-18-11-4-1-2-5-12(11)19-10/h1-2,4-5,10,15H,3,6-9H2,(H3,14,16,17). The summed E-state index contributed by atoms with van der Waals surface area (Å²) < 4.78 is 11.4. The maximum atomic E-state index is 10.5. The van der Waals surface area contributed by atoms with Gasteiger partial charge in [0.15, 0.2) is 11.5 Å². The highest BCUT2D eigenvalue weighted by Crippen LogP contribution is 2.30. The van der Waals surface area contributed by atoms with E-state index < -0.39 is 6.03 Å². The molecule has 0 aromatic heterocycles.